The Kier molecular flexibility index (Phi) is 5.21. The minimum absolute atomic E-state index is 0.178. The third-order valence-corrected chi connectivity index (χ3v) is 4.67. The fourth-order valence-corrected chi connectivity index (χ4v) is 2.98. The number of benzene rings is 1. The molecule has 0 aliphatic carbocycles. The first kappa shape index (κ1) is 16.5. The van der Waals surface area contributed by atoms with Crippen molar-refractivity contribution in [3.63, 3.8) is 0 Å². The topological polar surface area (TPSA) is 61.4 Å². The van der Waals surface area contributed by atoms with Crippen LogP contribution >= 0.6 is 11.3 Å². The molecule has 0 radical (unpaired) electrons. The van der Waals surface area contributed by atoms with E-state index >= 15 is 0 Å². The van der Waals surface area contributed by atoms with Crippen LogP contribution in [0.5, 0.6) is 0 Å². The van der Waals surface area contributed by atoms with Gasteiger partial charge in [-0.15, -0.1) is 11.3 Å². The van der Waals surface area contributed by atoms with Crippen molar-refractivity contribution >= 4 is 28.6 Å². The molecular weight excluding hydrogens is 296 g/mol. The molecule has 1 aromatic heterocycles. The van der Waals surface area contributed by atoms with Crippen LogP contribution in [0.4, 0.5) is 11.4 Å². The summed E-state index contributed by atoms with van der Waals surface area (Å²) in [7, 11) is 0. The molecule has 0 fully saturated rings. The third kappa shape index (κ3) is 4.58. The van der Waals surface area contributed by atoms with Gasteiger partial charge in [-0.2, -0.15) is 0 Å². The minimum Gasteiger partial charge on any atom is -0.387 e. The highest BCUT2D eigenvalue weighted by atomic mass is 32.1. The molecule has 5 heteroatoms. The van der Waals surface area contributed by atoms with Crippen molar-refractivity contribution in [3.05, 3.63) is 46.2 Å². The molecule has 0 spiro atoms. The number of hydrogen-bond donors (Lipinski definition) is 3. The van der Waals surface area contributed by atoms with Crippen molar-refractivity contribution < 1.29 is 9.90 Å². The first-order valence-corrected chi connectivity index (χ1v) is 8.04. The lowest BCUT2D eigenvalue weighted by molar-refractivity contribution is -0.118. The van der Waals surface area contributed by atoms with Crippen molar-refractivity contribution in [1.29, 1.82) is 0 Å². The number of amides is 1. The number of anilines is 2. The number of carbonyl (C=O) groups excluding carboxylic acids is 1. The highest BCUT2D eigenvalue weighted by molar-refractivity contribution is 7.12. The average molecular weight is 318 g/mol. The van der Waals surface area contributed by atoms with E-state index in [0.29, 0.717) is 5.69 Å². The first-order chi connectivity index (χ1) is 10.4. The summed E-state index contributed by atoms with van der Waals surface area (Å²) in [6.45, 7) is 6.87. The van der Waals surface area contributed by atoms with E-state index in [1.807, 2.05) is 29.5 Å². The van der Waals surface area contributed by atoms with Crippen LogP contribution in [0.1, 0.15) is 30.5 Å². The predicted molar refractivity (Wildman–Crippen MR) is 92.5 cm³/mol. The van der Waals surface area contributed by atoms with Crippen LogP contribution in [0, 0.1) is 0 Å². The molecule has 2 aromatic rings. The summed E-state index contributed by atoms with van der Waals surface area (Å²) in [4.78, 5) is 13.8. The summed E-state index contributed by atoms with van der Waals surface area (Å²) < 4.78 is 0. The molecule has 1 heterocycles. The van der Waals surface area contributed by atoms with Crippen LogP contribution in [-0.4, -0.2) is 17.6 Å². The van der Waals surface area contributed by atoms with Crippen molar-refractivity contribution in [2.75, 3.05) is 17.2 Å². The maximum atomic E-state index is 11.2. The van der Waals surface area contributed by atoms with Gasteiger partial charge in [0.1, 0.15) is 6.61 Å². The smallest absolute Gasteiger partial charge is 0.250 e. The molecule has 118 valence electrons. The van der Waals surface area contributed by atoms with E-state index in [2.05, 4.69) is 43.5 Å². The Morgan fingerprint density at radius 3 is 2.55 bits per heavy atom. The normalized spacial score (nSPS) is 11.3. The molecule has 0 aliphatic heterocycles. The van der Waals surface area contributed by atoms with Crippen LogP contribution < -0.4 is 10.6 Å². The van der Waals surface area contributed by atoms with E-state index in [1.165, 1.54) is 9.75 Å². The lowest BCUT2D eigenvalue weighted by Crippen LogP contribution is -2.15. The quantitative estimate of drug-likeness (QED) is 0.789. The van der Waals surface area contributed by atoms with Crippen LogP contribution in [0.15, 0.2) is 36.4 Å². The summed E-state index contributed by atoms with van der Waals surface area (Å²) in [6.07, 6.45) is 0. The largest absolute Gasteiger partial charge is 0.387 e. The Morgan fingerprint density at radius 1 is 1.18 bits per heavy atom. The SMILES string of the molecule is CC(C)(C)c1ccc(CNc2cccc(NC(=O)CO)c2)s1. The van der Waals surface area contributed by atoms with Gasteiger partial charge in [0.15, 0.2) is 0 Å². The van der Waals surface area contributed by atoms with E-state index in [1.54, 1.807) is 6.07 Å². The fourth-order valence-electron chi connectivity index (χ4n) is 1.97. The molecule has 4 nitrogen and oxygen atoms in total. The predicted octanol–water partition coefficient (Wildman–Crippen LogP) is 3.59. The van der Waals surface area contributed by atoms with Crippen molar-refractivity contribution in [2.45, 2.75) is 32.7 Å². The third-order valence-electron chi connectivity index (χ3n) is 3.16. The Labute approximate surface area is 135 Å². The molecule has 1 aromatic carbocycles. The fraction of sp³-hybridized carbons (Fsp3) is 0.353. The number of nitrogens with one attached hydrogen (secondary N) is 2. The Morgan fingerprint density at radius 2 is 1.91 bits per heavy atom. The summed E-state index contributed by atoms with van der Waals surface area (Å²) in [5, 5.41) is 14.7. The molecule has 2 rings (SSSR count). The zero-order valence-corrected chi connectivity index (χ0v) is 14.0. The lowest BCUT2D eigenvalue weighted by Gasteiger charge is -2.15. The summed E-state index contributed by atoms with van der Waals surface area (Å²) in [5.41, 5.74) is 1.78. The van der Waals surface area contributed by atoms with Gasteiger partial charge in [-0.1, -0.05) is 26.8 Å². The standard InChI is InChI=1S/C17H22N2O2S/c1-17(2,3)15-8-7-14(22-15)10-18-12-5-4-6-13(9-12)19-16(21)11-20/h4-9,18,20H,10-11H2,1-3H3,(H,19,21). The Balaban J connectivity index is 1.98. The Hall–Kier alpha value is -1.85. The van der Waals surface area contributed by atoms with Crippen LogP contribution in [-0.2, 0) is 16.8 Å². The molecule has 0 saturated heterocycles. The second kappa shape index (κ2) is 6.94. The van der Waals surface area contributed by atoms with Gasteiger partial charge in [0.25, 0.3) is 0 Å². The van der Waals surface area contributed by atoms with Gasteiger partial charge in [-0.25, -0.2) is 0 Å². The zero-order chi connectivity index (χ0) is 16.2. The molecular formula is C17H22N2O2S. The maximum absolute atomic E-state index is 11.2. The number of carbonyl (C=O) groups is 1. The number of hydrogen-bond acceptors (Lipinski definition) is 4. The highest BCUT2D eigenvalue weighted by Crippen LogP contribution is 2.29. The molecule has 0 bridgehead atoms. The highest BCUT2D eigenvalue weighted by Gasteiger charge is 2.15. The van der Waals surface area contributed by atoms with Gasteiger partial charge in [0.05, 0.1) is 0 Å². The van der Waals surface area contributed by atoms with Crippen molar-refractivity contribution in [2.24, 2.45) is 0 Å². The monoisotopic (exact) mass is 318 g/mol. The second-order valence-corrected chi connectivity index (χ2v) is 7.32. The van der Waals surface area contributed by atoms with E-state index in [9.17, 15) is 4.79 Å². The van der Waals surface area contributed by atoms with Crippen LogP contribution in [0.2, 0.25) is 0 Å². The van der Waals surface area contributed by atoms with Crippen LogP contribution in [0.3, 0.4) is 0 Å². The van der Waals surface area contributed by atoms with E-state index < -0.39 is 12.5 Å². The number of aliphatic hydroxyl groups is 1. The van der Waals surface area contributed by atoms with Gasteiger partial charge in [0, 0.05) is 27.7 Å². The number of thiophene rings is 1. The minimum atomic E-state index is -0.511. The molecule has 3 N–H and O–H groups in total. The zero-order valence-electron chi connectivity index (χ0n) is 13.1. The van der Waals surface area contributed by atoms with E-state index in [0.717, 1.165) is 12.2 Å². The van der Waals surface area contributed by atoms with Gasteiger partial charge < -0.3 is 15.7 Å². The Bertz CT molecular complexity index is 644. The number of rotatable bonds is 5. The average Bonchev–Trinajstić information content (AvgIpc) is 2.94. The lowest BCUT2D eigenvalue weighted by atomic mass is 9.95. The summed E-state index contributed by atoms with van der Waals surface area (Å²) >= 11 is 1.81. The van der Waals surface area contributed by atoms with Gasteiger partial charge in [0.2, 0.25) is 5.91 Å². The molecule has 0 saturated carbocycles. The van der Waals surface area contributed by atoms with Gasteiger partial charge in [-0.05, 0) is 35.7 Å². The second-order valence-electron chi connectivity index (χ2n) is 6.16. The summed E-state index contributed by atoms with van der Waals surface area (Å²) in [5.74, 6) is -0.412. The van der Waals surface area contributed by atoms with Crippen molar-refractivity contribution in [3.8, 4) is 0 Å². The van der Waals surface area contributed by atoms with Gasteiger partial charge >= 0.3 is 0 Å². The van der Waals surface area contributed by atoms with Crippen LogP contribution in [0.25, 0.3) is 0 Å². The molecule has 0 atom stereocenters. The van der Waals surface area contributed by atoms with E-state index in [-0.39, 0.29) is 5.41 Å². The van der Waals surface area contributed by atoms with Crippen molar-refractivity contribution in [1.82, 2.24) is 0 Å². The van der Waals surface area contributed by atoms with E-state index in [4.69, 9.17) is 5.11 Å². The molecule has 1 amide bonds. The molecule has 0 aliphatic rings. The first-order valence-electron chi connectivity index (χ1n) is 7.22. The summed E-state index contributed by atoms with van der Waals surface area (Å²) in [6, 6.07) is 11.8. The van der Waals surface area contributed by atoms with Gasteiger partial charge in [-0.3, -0.25) is 4.79 Å². The molecule has 22 heavy (non-hydrogen) atoms. The maximum Gasteiger partial charge on any atom is 0.250 e. The number of aliphatic hydroxyl groups excluding tert-OH is 1. The molecule has 0 unspecified atom stereocenters.